The molecule has 114 valence electrons. The van der Waals surface area contributed by atoms with Gasteiger partial charge in [-0.2, -0.15) is 5.10 Å². The molecule has 0 saturated carbocycles. The Morgan fingerprint density at radius 1 is 1.38 bits per heavy atom. The molecule has 0 aliphatic carbocycles. The number of nitrogens with zero attached hydrogens (tertiary/aromatic N) is 4. The van der Waals surface area contributed by atoms with Gasteiger partial charge >= 0.3 is 6.03 Å². The van der Waals surface area contributed by atoms with Crippen LogP contribution in [0.2, 0.25) is 0 Å². The van der Waals surface area contributed by atoms with Crippen LogP contribution in [0.15, 0.2) is 18.5 Å². The highest BCUT2D eigenvalue weighted by atomic mass is 16.5. The number of urea groups is 1. The zero-order chi connectivity index (χ0) is 14.7. The summed E-state index contributed by atoms with van der Waals surface area (Å²) in [7, 11) is 0. The van der Waals surface area contributed by atoms with E-state index in [-0.39, 0.29) is 24.6 Å². The lowest BCUT2D eigenvalue weighted by Crippen LogP contribution is -2.47. The number of hydrogen-bond acceptors (Lipinski definition) is 5. The molecule has 2 aliphatic rings. The van der Waals surface area contributed by atoms with Gasteiger partial charge in [-0.1, -0.05) is 0 Å². The molecule has 0 unspecified atom stereocenters. The monoisotopic (exact) mass is 293 g/mol. The summed E-state index contributed by atoms with van der Waals surface area (Å²) >= 11 is 0. The van der Waals surface area contributed by atoms with E-state index in [0.29, 0.717) is 26.2 Å². The van der Waals surface area contributed by atoms with Crippen molar-refractivity contribution in [3.63, 3.8) is 0 Å². The van der Waals surface area contributed by atoms with E-state index in [2.05, 4.69) is 15.3 Å². The van der Waals surface area contributed by atoms with E-state index >= 15 is 0 Å². The van der Waals surface area contributed by atoms with Gasteiger partial charge in [-0.25, -0.2) is 4.79 Å². The number of aromatic nitrogens is 2. The molecule has 1 aromatic rings. The molecule has 2 saturated heterocycles. The summed E-state index contributed by atoms with van der Waals surface area (Å²) in [5, 5.41) is 6.70. The highest BCUT2D eigenvalue weighted by Gasteiger charge is 2.29. The molecule has 1 aromatic heterocycles. The third-order valence-electron chi connectivity index (χ3n) is 3.75. The fourth-order valence-corrected chi connectivity index (χ4v) is 2.63. The summed E-state index contributed by atoms with van der Waals surface area (Å²) in [4.78, 5) is 26.5. The Morgan fingerprint density at radius 3 is 3.00 bits per heavy atom. The molecule has 1 N–H and O–H groups in total. The molecule has 0 aromatic carbocycles. The van der Waals surface area contributed by atoms with Gasteiger partial charge in [0.1, 0.15) is 0 Å². The summed E-state index contributed by atoms with van der Waals surface area (Å²) < 4.78 is 7.59. The Morgan fingerprint density at radius 2 is 2.29 bits per heavy atom. The number of hydrogen-bond donors (Lipinski definition) is 1. The predicted molar refractivity (Wildman–Crippen MR) is 73.5 cm³/mol. The minimum Gasteiger partial charge on any atom is -0.374 e. The number of amides is 3. The molecule has 2 aliphatic heterocycles. The summed E-state index contributed by atoms with van der Waals surface area (Å²) in [6.07, 6.45) is 3.75. The van der Waals surface area contributed by atoms with Crippen LogP contribution in [0.1, 0.15) is 0 Å². The van der Waals surface area contributed by atoms with Gasteiger partial charge in [0.25, 0.3) is 0 Å². The Hall–Kier alpha value is -1.93. The highest BCUT2D eigenvalue weighted by molar-refractivity contribution is 6.01. The molecular formula is C13H19N5O3. The largest absolute Gasteiger partial charge is 0.374 e. The van der Waals surface area contributed by atoms with E-state index in [1.54, 1.807) is 6.20 Å². The molecule has 1 atom stereocenters. The van der Waals surface area contributed by atoms with E-state index in [1.165, 1.54) is 4.90 Å². The summed E-state index contributed by atoms with van der Waals surface area (Å²) in [6.45, 7) is 4.20. The second-order valence-electron chi connectivity index (χ2n) is 5.23. The van der Waals surface area contributed by atoms with E-state index < -0.39 is 0 Å². The van der Waals surface area contributed by atoms with Gasteiger partial charge in [0.15, 0.2) is 0 Å². The lowest BCUT2D eigenvalue weighted by molar-refractivity contribution is -0.125. The lowest BCUT2D eigenvalue weighted by atomic mass is 10.2. The van der Waals surface area contributed by atoms with Gasteiger partial charge in [-0.05, 0) is 6.07 Å². The maximum absolute atomic E-state index is 11.5. The Kier molecular flexibility index (Phi) is 4.16. The van der Waals surface area contributed by atoms with Crippen LogP contribution in [0.4, 0.5) is 4.79 Å². The van der Waals surface area contributed by atoms with Crippen molar-refractivity contribution < 1.29 is 14.3 Å². The second kappa shape index (κ2) is 6.23. The van der Waals surface area contributed by atoms with Crippen LogP contribution in [-0.4, -0.2) is 77.0 Å². The van der Waals surface area contributed by atoms with Gasteiger partial charge < -0.3 is 10.1 Å². The van der Waals surface area contributed by atoms with Crippen molar-refractivity contribution in [3.8, 4) is 0 Å². The van der Waals surface area contributed by atoms with Crippen LogP contribution in [0.3, 0.4) is 0 Å². The smallest absolute Gasteiger partial charge is 0.324 e. The van der Waals surface area contributed by atoms with Gasteiger partial charge in [0, 0.05) is 38.6 Å². The van der Waals surface area contributed by atoms with Crippen LogP contribution in [-0.2, 0) is 16.1 Å². The van der Waals surface area contributed by atoms with Gasteiger partial charge in [0.2, 0.25) is 5.91 Å². The van der Waals surface area contributed by atoms with Crippen molar-refractivity contribution in [2.45, 2.75) is 12.6 Å². The molecule has 2 fully saturated rings. The zero-order valence-corrected chi connectivity index (χ0v) is 11.8. The molecule has 3 heterocycles. The van der Waals surface area contributed by atoms with Crippen molar-refractivity contribution in [2.24, 2.45) is 0 Å². The molecule has 8 heteroatoms. The first-order chi connectivity index (χ1) is 10.2. The fraction of sp³-hybridized carbons (Fsp3) is 0.615. The molecule has 3 amide bonds. The summed E-state index contributed by atoms with van der Waals surface area (Å²) in [5.74, 6) is -0.152. The summed E-state index contributed by atoms with van der Waals surface area (Å²) in [6, 6.07) is 1.60. The number of ether oxygens (including phenoxy) is 1. The van der Waals surface area contributed by atoms with Crippen LogP contribution in [0.25, 0.3) is 0 Å². The minimum absolute atomic E-state index is 0.0850. The third kappa shape index (κ3) is 3.40. The van der Waals surface area contributed by atoms with Crippen LogP contribution in [0.5, 0.6) is 0 Å². The average molecular weight is 293 g/mol. The molecular weight excluding hydrogens is 274 g/mol. The van der Waals surface area contributed by atoms with Crippen LogP contribution < -0.4 is 5.32 Å². The maximum atomic E-state index is 11.5. The quantitative estimate of drug-likeness (QED) is 0.714. The van der Waals surface area contributed by atoms with Crippen molar-refractivity contribution in [3.05, 3.63) is 18.5 Å². The Labute approximate surface area is 122 Å². The van der Waals surface area contributed by atoms with E-state index in [1.807, 2.05) is 16.9 Å². The average Bonchev–Trinajstić information content (AvgIpc) is 3.09. The normalized spacial score (nSPS) is 23.6. The van der Waals surface area contributed by atoms with Gasteiger partial charge in [0.05, 0.1) is 25.8 Å². The topological polar surface area (TPSA) is 79.7 Å². The predicted octanol–water partition coefficient (Wildman–Crippen LogP) is -0.864. The summed E-state index contributed by atoms with van der Waals surface area (Å²) in [5.41, 5.74) is 0. The first kappa shape index (κ1) is 14.0. The number of rotatable bonds is 5. The Balaban J connectivity index is 1.47. The lowest BCUT2D eigenvalue weighted by Gasteiger charge is -2.33. The fourth-order valence-electron chi connectivity index (χ4n) is 2.63. The number of morpholine rings is 1. The van der Waals surface area contributed by atoms with E-state index in [9.17, 15) is 9.59 Å². The van der Waals surface area contributed by atoms with Crippen molar-refractivity contribution >= 4 is 11.9 Å². The number of nitrogens with one attached hydrogen (secondary N) is 1. The van der Waals surface area contributed by atoms with Gasteiger partial charge in [-0.3, -0.25) is 19.3 Å². The zero-order valence-electron chi connectivity index (χ0n) is 11.8. The molecule has 3 rings (SSSR count). The van der Waals surface area contributed by atoms with Crippen molar-refractivity contribution in [2.75, 3.05) is 39.3 Å². The SMILES string of the molecule is O=C1CNC(=O)N1CCN1CCO[C@@H](Cn2cccn2)C1. The molecule has 21 heavy (non-hydrogen) atoms. The van der Waals surface area contributed by atoms with Crippen LogP contribution >= 0.6 is 0 Å². The Bertz CT molecular complexity index is 488. The molecule has 8 nitrogen and oxygen atoms in total. The van der Waals surface area contributed by atoms with Crippen LogP contribution in [0, 0.1) is 0 Å². The first-order valence-electron chi connectivity index (χ1n) is 7.12. The van der Waals surface area contributed by atoms with Gasteiger partial charge in [-0.15, -0.1) is 0 Å². The van der Waals surface area contributed by atoms with Crippen molar-refractivity contribution in [1.82, 2.24) is 24.9 Å². The maximum Gasteiger partial charge on any atom is 0.324 e. The number of carbonyl (C=O) groups is 2. The minimum atomic E-state index is -0.290. The molecule has 0 radical (unpaired) electrons. The molecule has 0 bridgehead atoms. The first-order valence-corrected chi connectivity index (χ1v) is 7.12. The molecule has 0 spiro atoms. The van der Waals surface area contributed by atoms with Crippen molar-refractivity contribution in [1.29, 1.82) is 0 Å². The standard InChI is InChI=1S/C13H19N5O3/c19-12-8-14-13(20)18(12)5-4-16-6-7-21-11(9-16)10-17-3-1-2-15-17/h1-3,11H,4-10H2,(H,14,20)/t11-/m1/s1. The highest BCUT2D eigenvalue weighted by Crippen LogP contribution is 2.08. The number of carbonyl (C=O) groups excluding carboxylic acids is 2. The van der Waals surface area contributed by atoms with E-state index in [0.717, 1.165) is 13.1 Å². The third-order valence-corrected chi connectivity index (χ3v) is 3.75. The van der Waals surface area contributed by atoms with E-state index in [4.69, 9.17) is 4.74 Å². The number of imide groups is 1. The second-order valence-corrected chi connectivity index (χ2v) is 5.23.